The highest BCUT2D eigenvalue weighted by Crippen LogP contribution is 2.24. The predicted molar refractivity (Wildman–Crippen MR) is 79.6 cm³/mol. The van der Waals surface area contributed by atoms with Gasteiger partial charge in [-0.05, 0) is 24.1 Å². The molecule has 0 fully saturated rings. The number of nitrogens with one attached hydrogen (secondary N) is 1. The fourth-order valence-electron chi connectivity index (χ4n) is 1.72. The number of benzene rings is 1. The maximum atomic E-state index is 12.3. The quantitative estimate of drug-likeness (QED) is 0.690. The Labute approximate surface area is 133 Å². The highest BCUT2D eigenvalue weighted by Gasteiger charge is 2.30. The van der Waals surface area contributed by atoms with Crippen LogP contribution in [-0.2, 0) is 14.8 Å². The van der Waals surface area contributed by atoms with E-state index in [0.717, 1.165) is 18.2 Å². The molecule has 0 spiro atoms. The zero-order valence-electron chi connectivity index (χ0n) is 11.9. The van der Waals surface area contributed by atoms with E-state index in [1.165, 1.54) is 0 Å². The van der Waals surface area contributed by atoms with E-state index in [9.17, 15) is 18.0 Å². The van der Waals surface area contributed by atoms with Gasteiger partial charge in [0.2, 0.25) is 10.0 Å². The molecule has 0 heterocycles. The van der Waals surface area contributed by atoms with Crippen LogP contribution in [0.4, 0.5) is 0 Å². The lowest BCUT2D eigenvalue weighted by Crippen LogP contribution is -2.45. The van der Waals surface area contributed by atoms with Gasteiger partial charge in [-0.3, -0.25) is 4.79 Å². The van der Waals surface area contributed by atoms with E-state index < -0.39 is 38.8 Å². The highest BCUT2D eigenvalue weighted by molar-refractivity contribution is 7.89. The van der Waals surface area contributed by atoms with Gasteiger partial charge in [-0.1, -0.05) is 31.9 Å². The molecule has 2 atom stereocenters. The van der Waals surface area contributed by atoms with E-state index >= 15 is 0 Å². The van der Waals surface area contributed by atoms with Crippen molar-refractivity contribution in [2.24, 2.45) is 5.92 Å². The van der Waals surface area contributed by atoms with Crippen LogP contribution in [0.25, 0.3) is 0 Å². The first kappa shape index (κ1) is 18.4. The molecular formula is C13H16ClNO6S. The summed E-state index contributed by atoms with van der Waals surface area (Å²) in [7, 11) is -4.27. The number of aliphatic carboxylic acids is 1. The van der Waals surface area contributed by atoms with Crippen LogP contribution in [0.15, 0.2) is 23.1 Å². The van der Waals surface area contributed by atoms with E-state index in [0.29, 0.717) is 6.42 Å². The topological polar surface area (TPSA) is 121 Å². The van der Waals surface area contributed by atoms with Gasteiger partial charge in [0.1, 0.15) is 10.9 Å². The summed E-state index contributed by atoms with van der Waals surface area (Å²) in [6.07, 6.45) is 0.447. The summed E-state index contributed by atoms with van der Waals surface area (Å²) in [6, 6.07) is 1.85. The third kappa shape index (κ3) is 4.19. The zero-order valence-corrected chi connectivity index (χ0v) is 13.5. The second kappa shape index (κ2) is 7.08. The molecular weight excluding hydrogens is 334 g/mol. The molecule has 0 aliphatic heterocycles. The van der Waals surface area contributed by atoms with Crippen molar-refractivity contribution in [1.82, 2.24) is 4.72 Å². The molecule has 0 aliphatic rings. The van der Waals surface area contributed by atoms with E-state index in [1.807, 2.05) is 0 Å². The lowest BCUT2D eigenvalue weighted by Gasteiger charge is -2.20. The molecule has 22 heavy (non-hydrogen) atoms. The summed E-state index contributed by atoms with van der Waals surface area (Å²) in [6.45, 7) is 3.32. The fourth-order valence-corrected chi connectivity index (χ4v) is 3.54. The first-order valence-electron chi connectivity index (χ1n) is 6.38. The number of carbonyl (C=O) groups is 2. The third-order valence-electron chi connectivity index (χ3n) is 3.23. The van der Waals surface area contributed by atoms with Crippen LogP contribution in [0.1, 0.15) is 30.6 Å². The van der Waals surface area contributed by atoms with E-state index in [4.69, 9.17) is 21.8 Å². The molecule has 0 unspecified atom stereocenters. The van der Waals surface area contributed by atoms with Gasteiger partial charge in [0.25, 0.3) is 0 Å². The molecule has 0 radical (unpaired) electrons. The van der Waals surface area contributed by atoms with Gasteiger partial charge in [-0.15, -0.1) is 0 Å². The number of hydrogen-bond acceptors (Lipinski definition) is 4. The fraction of sp³-hybridized carbons (Fsp3) is 0.385. The number of aromatic carboxylic acids is 1. The number of hydrogen-bond donors (Lipinski definition) is 3. The van der Waals surface area contributed by atoms with Crippen molar-refractivity contribution in [2.45, 2.75) is 31.2 Å². The highest BCUT2D eigenvalue weighted by atomic mass is 35.5. The van der Waals surface area contributed by atoms with Crippen molar-refractivity contribution in [3.05, 3.63) is 28.8 Å². The van der Waals surface area contributed by atoms with Gasteiger partial charge in [0, 0.05) is 0 Å². The Bertz CT molecular complexity index is 688. The summed E-state index contributed by atoms with van der Waals surface area (Å²) in [5, 5.41) is 17.9. The second-order valence-corrected chi connectivity index (χ2v) is 6.86. The molecule has 0 bridgehead atoms. The predicted octanol–water partition coefficient (Wildman–Crippen LogP) is 1.82. The molecule has 1 rings (SSSR count). The second-order valence-electron chi connectivity index (χ2n) is 4.77. The van der Waals surface area contributed by atoms with Crippen molar-refractivity contribution in [2.75, 3.05) is 0 Å². The number of carboxylic acids is 2. The minimum absolute atomic E-state index is 0.189. The van der Waals surface area contributed by atoms with Crippen LogP contribution in [0, 0.1) is 5.92 Å². The van der Waals surface area contributed by atoms with Gasteiger partial charge in [0.15, 0.2) is 0 Å². The SMILES string of the molecule is CC[C@@H](C)[C@H](NS(=O)(=O)c1cc(C(=O)O)ccc1Cl)C(=O)O. The van der Waals surface area contributed by atoms with Gasteiger partial charge in [-0.2, -0.15) is 4.72 Å². The van der Waals surface area contributed by atoms with Crippen molar-refractivity contribution >= 4 is 33.6 Å². The van der Waals surface area contributed by atoms with E-state index in [1.54, 1.807) is 13.8 Å². The maximum Gasteiger partial charge on any atom is 0.335 e. The Kier molecular flexibility index (Phi) is 5.92. The Hall–Kier alpha value is -1.64. The molecule has 122 valence electrons. The van der Waals surface area contributed by atoms with Gasteiger partial charge in [0.05, 0.1) is 10.6 Å². The lowest BCUT2D eigenvalue weighted by atomic mass is 10.0. The number of sulfonamides is 1. The van der Waals surface area contributed by atoms with E-state index in [-0.39, 0.29) is 10.6 Å². The Morgan fingerprint density at radius 2 is 1.91 bits per heavy atom. The van der Waals surface area contributed by atoms with Gasteiger partial charge >= 0.3 is 11.9 Å². The largest absolute Gasteiger partial charge is 0.480 e. The smallest absolute Gasteiger partial charge is 0.335 e. The Balaban J connectivity index is 3.26. The van der Waals surface area contributed by atoms with Crippen molar-refractivity contribution in [3.8, 4) is 0 Å². The monoisotopic (exact) mass is 349 g/mol. The first-order valence-corrected chi connectivity index (χ1v) is 8.24. The average molecular weight is 350 g/mol. The Morgan fingerprint density at radius 1 is 1.32 bits per heavy atom. The van der Waals surface area contributed by atoms with Gasteiger partial charge < -0.3 is 10.2 Å². The van der Waals surface area contributed by atoms with Crippen LogP contribution < -0.4 is 4.72 Å². The Morgan fingerprint density at radius 3 is 2.36 bits per heavy atom. The molecule has 0 saturated heterocycles. The summed E-state index contributed by atoms with van der Waals surface area (Å²) in [5.74, 6) is -3.08. The van der Waals surface area contributed by atoms with Crippen LogP contribution in [0.2, 0.25) is 5.02 Å². The minimum atomic E-state index is -4.27. The molecule has 0 aromatic heterocycles. The zero-order chi connectivity index (χ0) is 17.1. The minimum Gasteiger partial charge on any atom is -0.480 e. The summed E-state index contributed by atoms with van der Waals surface area (Å²) in [5.41, 5.74) is -0.264. The van der Waals surface area contributed by atoms with Crippen LogP contribution >= 0.6 is 11.6 Å². The first-order chi connectivity index (χ1) is 10.1. The molecule has 1 aromatic carbocycles. The summed E-state index contributed by atoms with van der Waals surface area (Å²) >= 11 is 5.80. The molecule has 0 amide bonds. The third-order valence-corrected chi connectivity index (χ3v) is 5.15. The average Bonchev–Trinajstić information content (AvgIpc) is 2.43. The normalized spacial score (nSPS) is 14.3. The molecule has 3 N–H and O–H groups in total. The molecule has 0 saturated carbocycles. The summed E-state index contributed by atoms with van der Waals surface area (Å²) < 4.78 is 26.7. The lowest BCUT2D eigenvalue weighted by molar-refractivity contribution is -0.140. The van der Waals surface area contributed by atoms with E-state index in [2.05, 4.69) is 4.72 Å². The van der Waals surface area contributed by atoms with Crippen LogP contribution in [-0.4, -0.2) is 36.6 Å². The van der Waals surface area contributed by atoms with Crippen molar-refractivity contribution in [3.63, 3.8) is 0 Å². The van der Waals surface area contributed by atoms with Crippen molar-refractivity contribution < 1.29 is 28.2 Å². The van der Waals surface area contributed by atoms with Gasteiger partial charge in [-0.25, -0.2) is 13.2 Å². The molecule has 1 aromatic rings. The number of rotatable bonds is 7. The molecule has 0 aliphatic carbocycles. The molecule has 7 nitrogen and oxygen atoms in total. The van der Waals surface area contributed by atoms with Crippen LogP contribution in [0.5, 0.6) is 0 Å². The standard InChI is InChI=1S/C13H16ClNO6S/c1-3-7(2)11(13(18)19)15-22(20,21)10-6-8(12(16)17)4-5-9(10)14/h4-7,11,15H,3H2,1-2H3,(H,16,17)(H,18,19)/t7-,11+/m1/s1. The maximum absolute atomic E-state index is 12.3. The number of carboxylic acid groups (broad SMARTS) is 2. The molecule has 9 heteroatoms. The summed E-state index contributed by atoms with van der Waals surface area (Å²) in [4.78, 5) is 21.7. The van der Waals surface area contributed by atoms with Crippen molar-refractivity contribution in [1.29, 1.82) is 0 Å². The number of halogens is 1. The van der Waals surface area contributed by atoms with Crippen LogP contribution in [0.3, 0.4) is 0 Å².